The number of rotatable bonds is 4. The molecule has 0 amide bonds. The van der Waals surface area contributed by atoms with Crippen LogP contribution in [0, 0.1) is 6.92 Å². The number of halogens is 1. The molecule has 1 N–H and O–H groups in total. The number of nitrogens with one attached hydrogen (secondary N) is 1. The maximum absolute atomic E-state index is 11.6. The number of carbonyl (C=O) groups is 1. The first-order valence-electron chi connectivity index (χ1n) is 5.77. The van der Waals surface area contributed by atoms with Crippen molar-refractivity contribution >= 4 is 23.3 Å². The van der Waals surface area contributed by atoms with Crippen molar-refractivity contribution in [3.63, 3.8) is 0 Å². The largest absolute Gasteiger partial charge is 0.465 e. The van der Waals surface area contributed by atoms with Gasteiger partial charge in [0.05, 0.1) is 24.9 Å². The highest BCUT2D eigenvalue weighted by Crippen LogP contribution is 2.22. The van der Waals surface area contributed by atoms with Crippen LogP contribution in [0.4, 0.5) is 5.69 Å². The second-order valence-corrected chi connectivity index (χ2v) is 4.48. The molecule has 0 aliphatic heterocycles. The quantitative estimate of drug-likeness (QED) is 0.868. The Morgan fingerprint density at radius 3 is 2.79 bits per heavy atom. The second-order valence-electron chi connectivity index (χ2n) is 4.05. The predicted octanol–water partition coefficient (Wildman–Crippen LogP) is 3.64. The van der Waals surface area contributed by atoms with Crippen molar-refractivity contribution in [3.8, 4) is 0 Å². The van der Waals surface area contributed by atoms with Crippen LogP contribution in [0.3, 0.4) is 0 Å². The molecule has 0 radical (unpaired) electrons. The van der Waals surface area contributed by atoms with Crippen molar-refractivity contribution < 1.29 is 13.9 Å². The summed E-state index contributed by atoms with van der Waals surface area (Å²) in [5.41, 5.74) is 1.06. The Morgan fingerprint density at radius 1 is 1.37 bits per heavy atom. The molecule has 0 saturated carbocycles. The van der Waals surface area contributed by atoms with Crippen molar-refractivity contribution in [2.45, 2.75) is 13.5 Å². The zero-order valence-electron chi connectivity index (χ0n) is 10.7. The monoisotopic (exact) mass is 279 g/mol. The highest BCUT2D eigenvalue weighted by molar-refractivity contribution is 6.31. The molecule has 1 aromatic carbocycles. The minimum Gasteiger partial charge on any atom is -0.465 e. The van der Waals surface area contributed by atoms with E-state index in [0.29, 0.717) is 22.8 Å². The first kappa shape index (κ1) is 13.5. The van der Waals surface area contributed by atoms with E-state index in [4.69, 9.17) is 20.8 Å². The summed E-state index contributed by atoms with van der Waals surface area (Å²) in [6, 6.07) is 8.73. The van der Waals surface area contributed by atoms with E-state index in [1.165, 1.54) is 7.11 Å². The molecular formula is C14H14ClNO3. The van der Waals surface area contributed by atoms with Gasteiger partial charge in [-0.2, -0.15) is 0 Å². The summed E-state index contributed by atoms with van der Waals surface area (Å²) >= 11 is 5.94. The van der Waals surface area contributed by atoms with E-state index in [-0.39, 0.29) is 0 Å². The van der Waals surface area contributed by atoms with Crippen molar-refractivity contribution in [3.05, 3.63) is 52.4 Å². The number of carbonyl (C=O) groups excluding carboxylic acids is 1. The van der Waals surface area contributed by atoms with Crippen LogP contribution in [0.25, 0.3) is 0 Å². The minimum atomic E-state index is -0.408. The van der Waals surface area contributed by atoms with Crippen LogP contribution >= 0.6 is 11.6 Å². The maximum atomic E-state index is 11.6. The van der Waals surface area contributed by atoms with Gasteiger partial charge in [0.15, 0.2) is 0 Å². The molecule has 5 heteroatoms. The Morgan fingerprint density at radius 2 is 2.16 bits per heavy atom. The fourth-order valence-corrected chi connectivity index (χ4v) is 1.89. The van der Waals surface area contributed by atoms with Gasteiger partial charge < -0.3 is 14.5 Å². The molecule has 4 nitrogen and oxygen atoms in total. The molecule has 2 rings (SSSR count). The molecule has 0 spiro atoms. The lowest BCUT2D eigenvalue weighted by atomic mass is 10.1. The molecule has 1 aromatic heterocycles. The molecule has 2 aromatic rings. The maximum Gasteiger partial charge on any atom is 0.339 e. The molecule has 0 fully saturated rings. The third-order valence-electron chi connectivity index (χ3n) is 2.64. The Labute approximate surface area is 116 Å². The molecule has 19 heavy (non-hydrogen) atoms. The van der Waals surface area contributed by atoms with E-state index in [9.17, 15) is 4.79 Å². The van der Waals surface area contributed by atoms with Gasteiger partial charge in [-0.3, -0.25) is 0 Å². The van der Waals surface area contributed by atoms with Gasteiger partial charge in [-0.25, -0.2) is 4.79 Å². The molecule has 0 aliphatic carbocycles. The van der Waals surface area contributed by atoms with Crippen molar-refractivity contribution in [2.75, 3.05) is 12.4 Å². The predicted molar refractivity (Wildman–Crippen MR) is 73.6 cm³/mol. The van der Waals surface area contributed by atoms with Gasteiger partial charge in [0.1, 0.15) is 11.5 Å². The standard InChI is InChI=1S/C14H14ClNO3/c1-9-3-5-11(19-9)8-16-13-7-10(15)4-6-12(13)14(17)18-2/h3-7,16H,8H2,1-2H3. The van der Waals surface area contributed by atoms with Crippen LogP contribution in [0.1, 0.15) is 21.9 Å². The SMILES string of the molecule is COC(=O)c1ccc(Cl)cc1NCc1ccc(C)o1. The number of anilines is 1. The van der Waals surface area contributed by atoms with Gasteiger partial charge in [0.2, 0.25) is 0 Å². The molecule has 0 bridgehead atoms. The van der Waals surface area contributed by atoms with E-state index in [1.807, 2.05) is 19.1 Å². The molecule has 100 valence electrons. The summed E-state index contributed by atoms with van der Waals surface area (Å²) < 4.78 is 10.2. The van der Waals surface area contributed by atoms with E-state index < -0.39 is 5.97 Å². The minimum absolute atomic E-state index is 0.408. The van der Waals surface area contributed by atoms with Crippen LogP contribution in [-0.4, -0.2) is 13.1 Å². The summed E-state index contributed by atoms with van der Waals surface area (Å²) in [6.07, 6.45) is 0. The van der Waals surface area contributed by atoms with Crippen LogP contribution in [0.5, 0.6) is 0 Å². The van der Waals surface area contributed by atoms with Crippen molar-refractivity contribution in [1.82, 2.24) is 0 Å². The number of hydrogen-bond acceptors (Lipinski definition) is 4. The average molecular weight is 280 g/mol. The van der Waals surface area contributed by atoms with Crippen LogP contribution < -0.4 is 5.32 Å². The Hall–Kier alpha value is -1.94. The normalized spacial score (nSPS) is 10.3. The number of methoxy groups -OCH3 is 1. The van der Waals surface area contributed by atoms with Crippen LogP contribution in [-0.2, 0) is 11.3 Å². The number of furan rings is 1. The number of aryl methyl sites for hydroxylation is 1. The number of esters is 1. The summed E-state index contributed by atoms with van der Waals surface area (Å²) in [4.78, 5) is 11.6. The summed E-state index contributed by atoms with van der Waals surface area (Å²) in [5, 5.41) is 3.67. The van der Waals surface area contributed by atoms with Crippen molar-refractivity contribution in [1.29, 1.82) is 0 Å². The zero-order chi connectivity index (χ0) is 13.8. The highest BCUT2D eigenvalue weighted by atomic mass is 35.5. The fraction of sp³-hybridized carbons (Fsp3) is 0.214. The van der Waals surface area contributed by atoms with Crippen LogP contribution in [0.2, 0.25) is 5.02 Å². The lowest BCUT2D eigenvalue weighted by Crippen LogP contribution is -2.08. The smallest absolute Gasteiger partial charge is 0.339 e. The fourth-order valence-electron chi connectivity index (χ4n) is 1.71. The third kappa shape index (κ3) is 3.29. The number of benzene rings is 1. The summed E-state index contributed by atoms with van der Waals surface area (Å²) in [5.74, 6) is 1.22. The Bertz CT molecular complexity index is 592. The first-order chi connectivity index (χ1) is 9.10. The van der Waals surface area contributed by atoms with Crippen molar-refractivity contribution in [2.24, 2.45) is 0 Å². The molecule has 0 saturated heterocycles. The van der Waals surface area contributed by atoms with Gasteiger partial charge in [0, 0.05) is 5.02 Å². The average Bonchev–Trinajstić information content (AvgIpc) is 2.81. The molecule has 1 heterocycles. The topological polar surface area (TPSA) is 51.5 Å². The number of hydrogen-bond donors (Lipinski definition) is 1. The molecular weight excluding hydrogens is 266 g/mol. The van der Waals surface area contributed by atoms with Gasteiger partial charge in [-0.1, -0.05) is 11.6 Å². The lowest BCUT2D eigenvalue weighted by Gasteiger charge is -2.10. The van der Waals surface area contributed by atoms with Gasteiger partial charge >= 0.3 is 5.97 Å². The lowest BCUT2D eigenvalue weighted by molar-refractivity contribution is 0.0602. The molecule has 0 atom stereocenters. The van der Waals surface area contributed by atoms with E-state index >= 15 is 0 Å². The van der Waals surface area contributed by atoms with Gasteiger partial charge in [0.25, 0.3) is 0 Å². The molecule has 0 unspecified atom stereocenters. The third-order valence-corrected chi connectivity index (χ3v) is 2.87. The Kier molecular flexibility index (Phi) is 4.12. The van der Waals surface area contributed by atoms with Crippen LogP contribution in [0.15, 0.2) is 34.7 Å². The van der Waals surface area contributed by atoms with E-state index in [2.05, 4.69) is 5.32 Å². The first-order valence-corrected chi connectivity index (χ1v) is 6.15. The van der Waals surface area contributed by atoms with Gasteiger partial charge in [-0.05, 0) is 37.3 Å². The second kappa shape index (κ2) is 5.80. The Balaban J connectivity index is 2.18. The summed E-state index contributed by atoms with van der Waals surface area (Å²) in [7, 11) is 1.34. The molecule has 0 aliphatic rings. The van der Waals surface area contributed by atoms with E-state index in [1.54, 1.807) is 18.2 Å². The highest BCUT2D eigenvalue weighted by Gasteiger charge is 2.12. The van der Waals surface area contributed by atoms with E-state index in [0.717, 1.165) is 11.5 Å². The van der Waals surface area contributed by atoms with Gasteiger partial charge in [-0.15, -0.1) is 0 Å². The summed E-state index contributed by atoms with van der Waals surface area (Å²) in [6.45, 7) is 2.35. The number of ether oxygens (including phenoxy) is 1. The zero-order valence-corrected chi connectivity index (χ0v) is 11.5.